The minimum Gasteiger partial charge on any atom is -0.481 e. The third-order valence-electron chi connectivity index (χ3n) is 6.97. The molecular weight excluding hydrogens is 432 g/mol. The summed E-state index contributed by atoms with van der Waals surface area (Å²) in [5, 5.41) is 12.2. The van der Waals surface area contributed by atoms with Crippen molar-refractivity contribution in [1.29, 1.82) is 0 Å². The fourth-order valence-electron chi connectivity index (χ4n) is 4.97. The van der Waals surface area contributed by atoms with E-state index in [9.17, 15) is 19.5 Å². The molecule has 0 aromatic heterocycles. The molecule has 7 heteroatoms. The van der Waals surface area contributed by atoms with E-state index in [1.54, 1.807) is 4.90 Å². The van der Waals surface area contributed by atoms with Gasteiger partial charge in [0, 0.05) is 31.5 Å². The van der Waals surface area contributed by atoms with Gasteiger partial charge in [-0.15, -0.1) is 0 Å². The summed E-state index contributed by atoms with van der Waals surface area (Å²) in [7, 11) is 0. The fraction of sp³-hybridized carbons (Fsp3) is 0.444. The number of nitrogens with one attached hydrogen (secondary N) is 1. The smallest absolute Gasteiger partial charge is 0.407 e. The Labute approximate surface area is 200 Å². The Morgan fingerprint density at radius 2 is 1.68 bits per heavy atom. The molecule has 1 heterocycles. The number of carboxylic acid groups (broad SMARTS) is 1. The lowest BCUT2D eigenvalue weighted by molar-refractivity contribution is -0.145. The van der Waals surface area contributed by atoms with Gasteiger partial charge in [-0.25, -0.2) is 4.79 Å². The molecule has 0 radical (unpaired) electrons. The zero-order chi connectivity index (χ0) is 24.2. The Balaban J connectivity index is 1.36. The molecule has 4 rings (SSSR count). The van der Waals surface area contributed by atoms with Gasteiger partial charge in [0.25, 0.3) is 0 Å². The Morgan fingerprint density at radius 1 is 1.06 bits per heavy atom. The van der Waals surface area contributed by atoms with Gasteiger partial charge in [-0.2, -0.15) is 0 Å². The highest BCUT2D eigenvalue weighted by Gasteiger charge is 2.32. The molecule has 2 aromatic rings. The second-order valence-electron chi connectivity index (χ2n) is 9.54. The third-order valence-corrected chi connectivity index (χ3v) is 6.97. The minimum atomic E-state index is -0.866. The number of ether oxygens (including phenoxy) is 1. The maximum atomic E-state index is 12.8. The molecule has 2 aliphatic rings. The Bertz CT molecular complexity index is 1020. The number of benzene rings is 2. The van der Waals surface area contributed by atoms with E-state index in [-0.39, 0.29) is 37.3 Å². The number of carbonyl (C=O) groups excluding carboxylic acids is 2. The van der Waals surface area contributed by atoms with Gasteiger partial charge in [-0.1, -0.05) is 62.4 Å². The largest absolute Gasteiger partial charge is 0.481 e. The van der Waals surface area contributed by atoms with E-state index >= 15 is 0 Å². The summed E-state index contributed by atoms with van der Waals surface area (Å²) in [5.41, 5.74) is 4.62. The maximum Gasteiger partial charge on any atom is 0.407 e. The molecule has 1 aliphatic heterocycles. The average molecular weight is 465 g/mol. The predicted octanol–water partition coefficient (Wildman–Crippen LogP) is 4.26. The van der Waals surface area contributed by atoms with Crippen molar-refractivity contribution >= 4 is 18.0 Å². The molecule has 34 heavy (non-hydrogen) atoms. The standard InChI is InChI=1S/C27H32N2O5/c1-17(2)24(14-25(30)29-13-7-8-18(15-29)26(31)32)28-27(33)34-16-23-21-11-5-3-9-19(21)20-10-4-6-12-22(20)23/h3-6,9-12,17-18,23-24H,7-8,13-16H2,1-2H3,(H,28,33)(H,31,32)/t18?,24-/m1/s1. The molecule has 2 amide bonds. The summed E-state index contributed by atoms with van der Waals surface area (Å²) in [6, 6.07) is 15.9. The highest BCUT2D eigenvalue weighted by atomic mass is 16.5. The zero-order valence-electron chi connectivity index (χ0n) is 19.7. The van der Waals surface area contributed by atoms with Crippen LogP contribution in [0.4, 0.5) is 4.79 Å². The quantitative estimate of drug-likeness (QED) is 0.638. The number of aliphatic carboxylic acids is 1. The van der Waals surface area contributed by atoms with Gasteiger partial charge >= 0.3 is 12.1 Å². The first-order chi connectivity index (χ1) is 16.3. The number of hydrogen-bond acceptors (Lipinski definition) is 4. The van der Waals surface area contributed by atoms with Crippen LogP contribution in [0.1, 0.15) is 50.2 Å². The minimum absolute atomic E-state index is 0.0180. The number of piperidine rings is 1. The molecule has 0 saturated carbocycles. The Morgan fingerprint density at radius 3 is 2.26 bits per heavy atom. The van der Waals surface area contributed by atoms with E-state index in [0.717, 1.165) is 11.1 Å². The van der Waals surface area contributed by atoms with E-state index in [2.05, 4.69) is 29.6 Å². The molecule has 1 fully saturated rings. The SMILES string of the molecule is CC(C)[C@@H](CC(=O)N1CCCC(C(=O)O)C1)NC(=O)OCC1c2ccccc2-c2ccccc21. The highest BCUT2D eigenvalue weighted by molar-refractivity contribution is 5.80. The highest BCUT2D eigenvalue weighted by Crippen LogP contribution is 2.44. The molecular formula is C27H32N2O5. The topological polar surface area (TPSA) is 95.9 Å². The number of carboxylic acids is 1. The molecule has 2 atom stereocenters. The van der Waals surface area contributed by atoms with Crippen LogP contribution in [0.3, 0.4) is 0 Å². The number of rotatable bonds is 7. The fourth-order valence-corrected chi connectivity index (χ4v) is 4.97. The molecule has 2 aromatic carbocycles. The maximum absolute atomic E-state index is 12.8. The van der Waals surface area contributed by atoms with Gasteiger partial charge in [0.15, 0.2) is 0 Å². The van der Waals surface area contributed by atoms with Crippen molar-refractivity contribution in [2.45, 2.75) is 45.1 Å². The normalized spacial score (nSPS) is 18.2. The molecule has 0 spiro atoms. The van der Waals surface area contributed by atoms with E-state index in [0.29, 0.717) is 19.4 Å². The van der Waals surface area contributed by atoms with Gasteiger partial charge in [0.2, 0.25) is 5.91 Å². The lowest BCUT2D eigenvalue weighted by atomic mass is 9.96. The van der Waals surface area contributed by atoms with E-state index in [1.807, 2.05) is 38.1 Å². The number of amides is 2. The van der Waals surface area contributed by atoms with Crippen molar-refractivity contribution in [3.8, 4) is 11.1 Å². The number of carbonyl (C=O) groups is 3. The number of alkyl carbamates (subject to hydrolysis) is 1. The van der Waals surface area contributed by atoms with Crippen LogP contribution in [-0.2, 0) is 14.3 Å². The first-order valence-corrected chi connectivity index (χ1v) is 12.0. The second-order valence-corrected chi connectivity index (χ2v) is 9.54. The second kappa shape index (κ2) is 10.3. The molecule has 1 saturated heterocycles. The summed E-state index contributed by atoms with van der Waals surface area (Å²) >= 11 is 0. The van der Waals surface area contributed by atoms with Crippen molar-refractivity contribution in [2.24, 2.45) is 11.8 Å². The molecule has 1 unspecified atom stereocenters. The first-order valence-electron chi connectivity index (χ1n) is 12.0. The predicted molar refractivity (Wildman–Crippen MR) is 128 cm³/mol. The Kier molecular flexibility index (Phi) is 7.20. The van der Waals surface area contributed by atoms with Gasteiger partial charge in [0.1, 0.15) is 6.61 Å². The van der Waals surface area contributed by atoms with Crippen LogP contribution in [0, 0.1) is 11.8 Å². The lowest BCUT2D eigenvalue weighted by Gasteiger charge is -2.32. The van der Waals surface area contributed by atoms with Crippen LogP contribution in [0.25, 0.3) is 11.1 Å². The summed E-state index contributed by atoms with van der Waals surface area (Å²) in [6.45, 7) is 4.88. The molecule has 1 aliphatic carbocycles. The first kappa shape index (κ1) is 23.8. The summed E-state index contributed by atoms with van der Waals surface area (Å²) in [4.78, 5) is 38.5. The van der Waals surface area contributed by atoms with Crippen molar-refractivity contribution in [2.75, 3.05) is 19.7 Å². The van der Waals surface area contributed by atoms with Crippen LogP contribution in [0.15, 0.2) is 48.5 Å². The summed E-state index contributed by atoms with van der Waals surface area (Å²) in [5.74, 6) is -1.54. The monoisotopic (exact) mass is 464 g/mol. The zero-order valence-corrected chi connectivity index (χ0v) is 19.7. The summed E-state index contributed by atoms with van der Waals surface area (Å²) < 4.78 is 5.64. The van der Waals surface area contributed by atoms with Crippen LogP contribution >= 0.6 is 0 Å². The number of hydrogen-bond donors (Lipinski definition) is 2. The average Bonchev–Trinajstić information content (AvgIpc) is 3.16. The van der Waals surface area contributed by atoms with E-state index in [1.165, 1.54) is 11.1 Å². The van der Waals surface area contributed by atoms with Crippen molar-refractivity contribution < 1.29 is 24.2 Å². The van der Waals surface area contributed by atoms with Gasteiger partial charge in [-0.3, -0.25) is 9.59 Å². The van der Waals surface area contributed by atoms with Crippen molar-refractivity contribution in [3.05, 3.63) is 59.7 Å². The number of likely N-dealkylation sites (tertiary alicyclic amines) is 1. The van der Waals surface area contributed by atoms with E-state index < -0.39 is 24.0 Å². The van der Waals surface area contributed by atoms with E-state index in [4.69, 9.17) is 4.74 Å². The summed E-state index contributed by atoms with van der Waals surface area (Å²) in [6.07, 6.45) is 0.837. The Hall–Kier alpha value is -3.35. The number of nitrogens with zero attached hydrogens (tertiary/aromatic N) is 1. The molecule has 2 N–H and O–H groups in total. The van der Waals surface area contributed by atoms with Gasteiger partial charge in [-0.05, 0) is 41.0 Å². The molecule has 0 bridgehead atoms. The van der Waals surface area contributed by atoms with Crippen LogP contribution in [-0.4, -0.2) is 53.7 Å². The van der Waals surface area contributed by atoms with Gasteiger partial charge < -0.3 is 20.1 Å². The van der Waals surface area contributed by atoms with Crippen molar-refractivity contribution in [3.63, 3.8) is 0 Å². The molecule has 180 valence electrons. The third kappa shape index (κ3) is 5.08. The van der Waals surface area contributed by atoms with Gasteiger partial charge in [0.05, 0.1) is 5.92 Å². The van der Waals surface area contributed by atoms with Crippen molar-refractivity contribution in [1.82, 2.24) is 10.2 Å². The van der Waals surface area contributed by atoms with Crippen LogP contribution in [0.2, 0.25) is 0 Å². The van der Waals surface area contributed by atoms with Crippen LogP contribution in [0.5, 0.6) is 0 Å². The van der Waals surface area contributed by atoms with Crippen LogP contribution < -0.4 is 5.32 Å². The number of fused-ring (bicyclic) bond motifs is 3. The molecule has 7 nitrogen and oxygen atoms in total. The lowest BCUT2D eigenvalue weighted by Crippen LogP contribution is -2.47.